The van der Waals surface area contributed by atoms with Gasteiger partial charge in [-0.2, -0.15) is 10.4 Å². The molecule has 0 aliphatic carbocycles. The molecule has 0 saturated heterocycles. The molecule has 12 heteroatoms. The first-order valence-corrected chi connectivity index (χ1v) is 6.15. The Morgan fingerprint density at radius 2 is 1.96 bits per heavy atom. The van der Waals surface area contributed by atoms with Gasteiger partial charge in [0.1, 0.15) is 11.8 Å². The van der Waals surface area contributed by atoms with E-state index < -0.39 is 27.2 Å². The van der Waals surface area contributed by atoms with Crippen molar-refractivity contribution in [3.05, 3.63) is 38.4 Å². The van der Waals surface area contributed by atoms with Gasteiger partial charge in [-0.25, -0.2) is 4.79 Å². The molecule has 1 aromatic rings. The molecule has 1 rings (SSSR count). The maximum atomic E-state index is 11.0. The van der Waals surface area contributed by atoms with Gasteiger partial charge in [0.05, 0.1) is 21.6 Å². The van der Waals surface area contributed by atoms with Crippen LogP contribution in [0.5, 0.6) is 0 Å². The van der Waals surface area contributed by atoms with Crippen molar-refractivity contribution in [2.75, 3.05) is 5.43 Å². The predicted molar refractivity (Wildman–Crippen MR) is 81.3 cm³/mol. The van der Waals surface area contributed by atoms with E-state index in [1.165, 1.54) is 6.92 Å². The number of hydrogen-bond acceptors (Lipinski definition) is 10. The normalized spacial score (nSPS) is 11.4. The Bertz CT molecular complexity index is 794. The standard InChI is InChI=1S/C12H10N6O6/c1-7(11(6-13)16-24-8(2)19)14-15-10-4-3-9(17(20)21)5-12(10)18(22)23/h3-5,15H,1-2H3. The quantitative estimate of drug-likeness (QED) is 0.354. The number of nitriles is 1. The highest BCUT2D eigenvalue weighted by atomic mass is 16.7. The lowest BCUT2D eigenvalue weighted by Crippen LogP contribution is -2.12. The number of nitrogens with zero attached hydrogens (tertiary/aromatic N) is 5. The van der Waals surface area contributed by atoms with Crippen LogP contribution in [-0.2, 0) is 9.63 Å². The number of hydrogen-bond donors (Lipinski definition) is 1. The van der Waals surface area contributed by atoms with Crippen molar-refractivity contribution in [1.82, 2.24) is 0 Å². The molecule has 0 aliphatic heterocycles. The van der Waals surface area contributed by atoms with Crippen LogP contribution in [0.25, 0.3) is 0 Å². The van der Waals surface area contributed by atoms with Gasteiger partial charge in [0.15, 0.2) is 0 Å². The van der Waals surface area contributed by atoms with Crippen LogP contribution in [0.4, 0.5) is 17.1 Å². The number of nitro groups is 2. The number of carbonyl (C=O) groups excluding carboxylic acids is 1. The fourth-order valence-electron chi connectivity index (χ4n) is 1.35. The summed E-state index contributed by atoms with van der Waals surface area (Å²) in [4.78, 5) is 35.0. The summed E-state index contributed by atoms with van der Waals surface area (Å²) in [7, 11) is 0. The molecule has 0 aromatic heterocycles. The van der Waals surface area contributed by atoms with Crippen LogP contribution in [0, 0.1) is 31.6 Å². The van der Waals surface area contributed by atoms with Crippen molar-refractivity contribution in [3.63, 3.8) is 0 Å². The SMILES string of the molecule is CC(=O)ON=C(C#N)C(C)=NNc1ccc([N+](=O)[O-])cc1[N+](=O)[O-]. The van der Waals surface area contributed by atoms with Gasteiger partial charge in [0.2, 0.25) is 5.71 Å². The molecule has 1 N–H and O–H groups in total. The van der Waals surface area contributed by atoms with E-state index in [1.807, 2.05) is 0 Å². The molecule has 0 radical (unpaired) electrons. The molecular formula is C12H10N6O6. The topological polar surface area (TPSA) is 173 Å². The molecule has 0 saturated carbocycles. The van der Waals surface area contributed by atoms with Gasteiger partial charge in [-0.3, -0.25) is 25.7 Å². The second kappa shape index (κ2) is 7.94. The zero-order valence-corrected chi connectivity index (χ0v) is 12.4. The van der Waals surface area contributed by atoms with E-state index >= 15 is 0 Å². The first-order valence-electron chi connectivity index (χ1n) is 6.15. The zero-order chi connectivity index (χ0) is 18.3. The van der Waals surface area contributed by atoms with E-state index in [-0.39, 0.29) is 17.1 Å². The van der Waals surface area contributed by atoms with Crippen molar-refractivity contribution in [2.45, 2.75) is 13.8 Å². The Kier molecular flexibility index (Phi) is 6.01. The van der Waals surface area contributed by atoms with Gasteiger partial charge in [0.25, 0.3) is 5.69 Å². The third-order valence-electron chi connectivity index (χ3n) is 2.45. The van der Waals surface area contributed by atoms with Crippen LogP contribution in [0.15, 0.2) is 28.5 Å². The fourth-order valence-corrected chi connectivity index (χ4v) is 1.35. The van der Waals surface area contributed by atoms with Crippen molar-refractivity contribution < 1.29 is 19.5 Å². The molecule has 124 valence electrons. The lowest BCUT2D eigenvalue weighted by molar-refractivity contribution is -0.393. The van der Waals surface area contributed by atoms with Crippen LogP contribution in [0.2, 0.25) is 0 Å². The molecule has 0 bridgehead atoms. The monoisotopic (exact) mass is 334 g/mol. The number of anilines is 1. The summed E-state index contributed by atoms with van der Waals surface area (Å²) in [6.07, 6.45) is 0. The van der Waals surface area contributed by atoms with Gasteiger partial charge in [-0.05, 0) is 13.0 Å². The van der Waals surface area contributed by atoms with Gasteiger partial charge < -0.3 is 4.84 Å². The highest BCUT2D eigenvalue weighted by molar-refractivity contribution is 6.47. The Morgan fingerprint density at radius 3 is 2.46 bits per heavy atom. The first kappa shape index (κ1) is 18.2. The molecule has 0 spiro atoms. The summed E-state index contributed by atoms with van der Waals surface area (Å²) in [5.41, 5.74) is 0.802. The zero-order valence-electron chi connectivity index (χ0n) is 12.4. The minimum Gasteiger partial charge on any atom is -0.317 e. The molecule has 1 aromatic carbocycles. The summed E-state index contributed by atoms with van der Waals surface area (Å²) in [6, 6.07) is 4.56. The van der Waals surface area contributed by atoms with Crippen LogP contribution in [0.3, 0.4) is 0 Å². The van der Waals surface area contributed by atoms with Crippen LogP contribution in [0.1, 0.15) is 13.8 Å². The fraction of sp³-hybridized carbons (Fsp3) is 0.167. The van der Waals surface area contributed by atoms with E-state index in [0.717, 1.165) is 25.1 Å². The van der Waals surface area contributed by atoms with Crippen molar-refractivity contribution >= 4 is 34.5 Å². The lowest BCUT2D eigenvalue weighted by atomic mass is 10.2. The van der Waals surface area contributed by atoms with Crippen LogP contribution < -0.4 is 5.43 Å². The van der Waals surface area contributed by atoms with Gasteiger partial charge >= 0.3 is 11.7 Å². The second-order valence-corrected chi connectivity index (χ2v) is 4.16. The number of nitrogens with one attached hydrogen (secondary N) is 1. The van der Waals surface area contributed by atoms with Gasteiger partial charge in [0, 0.05) is 13.0 Å². The molecule has 24 heavy (non-hydrogen) atoms. The maximum Gasteiger partial charge on any atom is 0.332 e. The molecule has 0 atom stereocenters. The predicted octanol–water partition coefficient (Wildman–Crippen LogP) is 1.73. The number of carbonyl (C=O) groups is 1. The third-order valence-corrected chi connectivity index (χ3v) is 2.45. The summed E-state index contributed by atoms with van der Waals surface area (Å²) in [5.74, 6) is -0.741. The number of rotatable bonds is 6. The Hall–Kier alpha value is -3.88. The average molecular weight is 334 g/mol. The second-order valence-electron chi connectivity index (χ2n) is 4.16. The van der Waals surface area contributed by atoms with Crippen LogP contribution in [-0.4, -0.2) is 27.2 Å². The summed E-state index contributed by atoms with van der Waals surface area (Å²) in [6.45, 7) is 2.43. The number of benzene rings is 1. The Balaban J connectivity index is 3.10. The maximum absolute atomic E-state index is 11.0. The third kappa shape index (κ3) is 4.84. The molecule has 0 heterocycles. The summed E-state index contributed by atoms with van der Waals surface area (Å²) in [5, 5.41) is 37.5. The summed E-state index contributed by atoms with van der Waals surface area (Å²) < 4.78 is 0. The van der Waals surface area contributed by atoms with Crippen molar-refractivity contribution in [1.29, 1.82) is 5.26 Å². The number of hydrazone groups is 1. The van der Waals surface area contributed by atoms with Crippen LogP contribution >= 0.6 is 0 Å². The van der Waals surface area contributed by atoms with Gasteiger partial charge in [-0.15, -0.1) is 0 Å². The minimum atomic E-state index is -0.821. The smallest absolute Gasteiger partial charge is 0.317 e. The minimum absolute atomic E-state index is 0.0219. The molecule has 0 amide bonds. The Labute approximate surface area is 134 Å². The molecule has 0 unspecified atom stereocenters. The average Bonchev–Trinajstić information content (AvgIpc) is 2.52. The van der Waals surface area contributed by atoms with E-state index in [1.54, 1.807) is 6.07 Å². The van der Waals surface area contributed by atoms with Crippen molar-refractivity contribution in [3.8, 4) is 6.07 Å². The van der Waals surface area contributed by atoms with E-state index in [4.69, 9.17) is 5.26 Å². The Morgan fingerprint density at radius 1 is 1.29 bits per heavy atom. The molecular weight excluding hydrogens is 324 g/mol. The van der Waals surface area contributed by atoms with E-state index in [2.05, 4.69) is 20.5 Å². The largest absolute Gasteiger partial charge is 0.332 e. The molecule has 0 fully saturated rings. The van der Waals surface area contributed by atoms with E-state index in [9.17, 15) is 25.0 Å². The lowest BCUT2D eigenvalue weighted by Gasteiger charge is -2.03. The summed E-state index contributed by atoms with van der Waals surface area (Å²) >= 11 is 0. The van der Waals surface area contributed by atoms with E-state index in [0.29, 0.717) is 0 Å². The number of nitro benzene ring substituents is 2. The highest BCUT2D eigenvalue weighted by Crippen LogP contribution is 2.28. The highest BCUT2D eigenvalue weighted by Gasteiger charge is 2.19. The molecule has 12 nitrogen and oxygen atoms in total. The first-order chi connectivity index (χ1) is 11.3. The number of oxime groups is 1. The van der Waals surface area contributed by atoms with Gasteiger partial charge in [-0.1, -0.05) is 5.16 Å². The molecule has 0 aliphatic rings. The number of non-ortho nitro benzene ring substituents is 1. The van der Waals surface area contributed by atoms with Crippen molar-refractivity contribution in [2.24, 2.45) is 10.3 Å².